The van der Waals surface area contributed by atoms with Crippen LogP contribution in [0.5, 0.6) is 0 Å². The van der Waals surface area contributed by atoms with Crippen molar-refractivity contribution in [3.05, 3.63) is 0 Å². The molecule has 14 heavy (non-hydrogen) atoms. The summed E-state index contributed by atoms with van der Waals surface area (Å²) in [5.74, 6) is 0.747. The van der Waals surface area contributed by atoms with Crippen molar-refractivity contribution in [2.24, 2.45) is 5.92 Å². The molecule has 2 fully saturated rings. The molecular weight excluding hydrogens is 178 g/mol. The molecule has 1 saturated carbocycles. The van der Waals surface area contributed by atoms with Gasteiger partial charge in [0.2, 0.25) is 0 Å². The van der Waals surface area contributed by atoms with E-state index in [2.05, 4.69) is 5.32 Å². The summed E-state index contributed by atoms with van der Waals surface area (Å²) in [5, 5.41) is 12.7. The molecule has 2 N–H and O–H groups in total. The third-order valence-corrected chi connectivity index (χ3v) is 3.40. The first kappa shape index (κ1) is 10.4. The van der Waals surface area contributed by atoms with Crippen LogP contribution in [-0.4, -0.2) is 37.0 Å². The topological polar surface area (TPSA) is 41.5 Å². The maximum Gasteiger partial charge on any atom is 0.0970 e. The van der Waals surface area contributed by atoms with Crippen LogP contribution < -0.4 is 5.32 Å². The smallest absolute Gasteiger partial charge is 0.0970 e. The van der Waals surface area contributed by atoms with Crippen LogP contribution in [0.4, 0.5) is 0 Å². The highest BCUT2D eigenvalue weighted by atomic mass is 16.5. The number of nitrogens with one attached hydrogen (secondary N) is 1. The summed E-state index contributed by atoms with van der Waals surface area (Å²) < 4.78 is 5.74. The SMILES string of the molecule is OC1CNCC1OCC1CCCCC1. The van der Waals surface area contributed by atoms with E-state index in [4.69, 9.17) is 4.74 Å². The number of aliphatic hydroxyl groups excluding tert-OH is 1. The molecular formula is C11H21NO2. The first-order valence-electron chi connectivity index (χ1n) is 5.86. The van der Waals surface area contributed by atoms with Crippen molar-refractivity contribution < 1.29 is 9.84 Å². The molecule has 2 rings (SSSR count). The summed E-state index contributed by atoms with van der Waals surface area (Å²) in [5.41, 5.74) is 0. The van der Waals surface area contributed by atoms with E-state index in [1.165, 1.54) is 32.1 Å². The van der Waals surface area contributed by atoms with Crippen molar-refractivity contribution in [1.82, 2.24) is 5.32 Å². The van der Waals surface area contributed by atoms with E-state index in [1.54, 1.807) is 0 Å². The van der Waals surface area contributed by atoms with E-state index in [-0.39, 0.29) is 12.2 Å². The monoisotopic (exact) mass is 199 g/mol. The van der Waals surface area contributed by atoms with Gasteiger partial charge < -0.3 is 15.2 Å². The summed E-state index contributed by atoms with van der Waals surface area (Å²) in [6.07, 6.45) is 6.49. The zero-order valence-electron chi connectivity index (χ0n) is 8.74. The van der Waals surface area contributed by atoms with Gasteiger partial charge >= 0.3 is 0 Å². The van der Waals surface area contributed by atoms with E-state index in [9.17, 15) is 5.11 Å². The Hall–Kier alpha value is -0.120. The van der Waals surface area contributed by atoms with Gasteiger partial charge in [0.25, 0.3) is 0 Å². The fraction of sp³-hybridized carbons (Fsp3) is 1.00. The minimum absolute atomic E-state index is 0.0388. The van der Waals surface area contributed by atoms with Gasteiger partial charge in [0, 0.05) is 19.7 Å². The predicted octanol–water partition coefficient (Wildman–Crippen LogP) is 0.916. The molecule has 3 nitrogen and oxygen atoms in total. The van der Waals surface area contributed by atoms with Crippen LogP contribution in [0.2, 0.25) is 0 Å². The first-order chi connectivity index (χ1) is 6.86. The van der Waals surface area contributed by atoms with Crippen LogP contribution >= 0.6 is 0 Å². The summed E-state index contributed by atoms with van der Waals surface area (Å²) >= 11 is 0. The van der Waals surface area contributed by atoms with Crippen LogP contribution in [0.3, 0.4) is 0 Å². The minimum Gasteiger partial charge on any atom is -0.389 e. The molecule has 2 aliphatic rings. The number of rotatable bonds is 3. The fourth-order valence-corrected chi connectivity index (χ4v) is 2.42. The van der Waals surface area contributed by atoms with Crippen LogP contribution in [0.1, 0.15) is 32.1 Å². The standard InChI is InChI=1S/C11H21NO2/c13-10-6-12-7-11(10)14-8-9-4-2-1-3-5-9/h9-13H,1-8H2. The van der Waals surface area contributed by atoms with Crippen molar-refractivity contribution >= 4 is 0 Å². The van der Waals surface area contributed by atoms with Crippen LogP contribution in [-0.2, 0) is 4.74 Å². The molecule has 0 radical (unpaired) electrons. The quantitative estimate of drug-likeness (QED) is 0.710. The Labute approximate surface area is 85.8 Å². The summed E-state index contributed by atoms with van der Waals surface area (Å²) in [4.78, 5) is 0. The predicted molar refractivity (Wildman–Crippen MR) is 55.2 cm³/mol. The molecule has 0 aromatic carbocycles. The first-order valence-corrected chi connectivity index (χ1v) is 5.86. The lowest BCUT2D eigenvalue weighted by atomic mass is 9.90. The van der Waals surface area contributed by atoms with Gasteiger partial charge in [-0.1, -0.05) is 19.3 Å². The molecule has 2 atom stereocenters. The Morgan fingerprint density at radius 2 is 1.93 bits per heavy atom. The van der Waals surface area contributed by atoms with Gasteiger partial charge in [0.15, 0.2) is 0 Å². The second-order valence-corrected chi connectivity index (χ2v) is 4.60. The van der Waals surface area contributed by atoms with E-state index < -0.39 is 0 Å². The number of hydrogen-bond acceptors (Lipinski definition) is 3. The molecule has 0 aromatic heterocycles. The molecule has 2 unspecified atom stereocenters. The summed E-state index contributed by atoms with van der Waals surface area (Å²) in [7, 11) is 0. The second kappa shape index (κ2) is 5.10. The average Bonchev–Trinajstić information content (AvgIpc) is 2.63. The Balaban J connectivity index is 1.65. The lowest BCUT2D eigenvalue weighted by molar-refractivity contribution is -0.0269. The van der Waals surface area contributed by atoms with Crippen molar-refractivity contribution in [1.29, 1.82) is 0 Å². The number of aliphatic hydroxyl groups is 1. The molecule has 1 heterocycles. The number of hydrogen-bond donors (Lipinski definition) is 2. The Kier molecular flexibility index (Phi) is 3.79. The maximum atomic E-state index is 9.53. The highest BCUT2D eigenvalue weighted by molar-refractivity contribution is 4.81. The Morgan fingerprint density at radius 1 is 1.14 bits per heavy atom. The van der Waals surface area contributed by atoms with Gasteiger partial charge in [0.05, 0.1) is 12.2 Å². The lowest BCUT2D eigenvalue weighted by Gasteiger charge is -2.24. The van der Waals surface area contributed by atoms with E-state index in [0.29, 0.717) is 6.54 Å². The number of ether oxygens (including phenoxy) is 1. The molecule has 0 spiro atoms. The van der Waals surface area contributed by atoms with Gasteiger partial charge in [-0.15, -0.1) is 0 Å². The summed E-state index contributed by atoms with van der Waals surface area (Å²) in [6.45, 7) is 2.35. The van der Waals surface area contributed by atoms with Crippen molar-refractivity contribution in [3.63, 3.8) is 0 Å². The highest BCUT2D eigenvalue weighted by Gasteiger charge is 2.26. The Morgan fingerprint density at radius 3 is 2.57 bits per heavy atom. The molecule has 0 aromatic rings. The zero-order chi connectivity index (χ0) is 9.80. The normalized spacial score (nSPS) is 34.9. The highest BCUT2D eigenvalue weighted by Crippen LogP contribution is 2.24. The molecule has 0 amide bonds. The van der Waals surface area contributed by atoms with Crippen molar-refractivity contribution in [2.75, 3.05) is 19.7 Å². The van der Waals surface area contributed by atoms with Gasteiger partial charge in [-0.2, -0.15) is 0 Å². The largest absolute Gasteiger partial charge is 0.389 e. The van der Waals surface area contributed by atoms with E-state index in [1.807, 2.05) is 0 Å². The fourth-order valence-electron chi connectivity index (χ4n) is 2.42. The van der Waals surface area contributed by atoms with Gasteiger partial charge in [-0.3, -0.25) is 0 Å². The number of β-amino-alcohol motifs (C(OH)–C–C–N with tert-alkyl or cyclic N) is 1. The third-order valence-electron chi connectivity index (χ3n) is 3.40. The van der Waals surface area contributed by atoms with Crippen LogP contribution in [0.15, 0.2) is 0 Å². The Bertz CT molecular complexity index is 169. The van der Waals surface area contributed by atoms with Gasteiger partial charge in [-0.25, -0.2) is 0 Å². The summed E-state index contributed by atoms with van der Waals surface area (Å²) in [6, 6.07) is 0. The molecule has 1 saturated heterocycles. The van der Waals surface area contributed by atoms with E-state index >= 15 is 0 Å². The van der Waals surface area contributed by atoms with E-state index in [0.717, 1.165) is 19.1 Å². The van der Waals surface area contributed by atoms with Crippen molar-refractivity contribution in [2.45, 2.75) is 44.3 Å². The molecule has 82 valence electrons. The second-order valence-electron chi connectivity index (χ2n) is 4.60. The average molecular weight is 199 g/mol. The molecule has 0 bridgehead atoms. The maximum absolute atomic E-state index is 9.53. The van der Waals surface area contributed by atoms with Crippen LogP contribution in [0, 0.1) is 5.92 Å². The van der Waals surface area contributed by atoms with Crippen molar-refractivity contribution in [3.8, 4) is 0 Å². The lowest BCUT2D eigenvalue weighted by Crippen LogP contribution is -2.29. The molecule has 1 aliphatic heterocycles. The third kappa shape index (κ3) is 2.69. The molecule has 3 heteroatoms. The van der Waals surface area contributed by atoms with Gasteiger partial charge in [0.1, 0.15) is 0 Å². The minimum atomic E-state index is -0.293. The zero-order valence-corrected chi connectivity index (χ0v) is 8.74. The molecule has 1 aliphatic carbocycles. The van der Waals surface area contributed by atoms with Crippen LogP contribution in [0.25, 0.3) is 0 Å². The van der Waals surface area contributed by atoms with Gasteiger partial charge in [-0.05, 0) is 18.8 Å².